The van der Waals surface area contributed by atoms with E-state index < -0.39 is 0 Å². The molecule has 2 aromatic heterocycles. The summed E-state index contributed by atoms with van der Waals surface area (Å²) in [5.74, 6) is 0.398. The molecule has 0 bridgehead atoms. The van der Waals surface area contributed by atoms with Gasteiger partial charge in [-0.05, 0) is 60.9 Å². The maximum absolute atomic E-state index is 12.4. The number of hydrogen-bond acceptors (Lipinski definition) is 4. The Kier molecular flexibility index (Phi) is 5.49. The van der Waals surface area contributed by atoms with Crippen molar-refractivity contribution in [3.63, 3.8) is 0 Å². The first-order chi connectivity index (χ1) is 12.5. The van der Waals surface area contributed by atoms with Crippen LogP contribution in [0.4, 0.5) is 11.5 Å². The van der Waals surface area contributed by atoms with Gasteiger partial charge < -0.3 is 10.6 Å². The first-order valence-corrected chi connectivity index (χ1v) is 8.57. The van der Waals surface area contributed by atoms with Gasteiger partial charge in [0.15, 0.2) is 0 Å². The van der Waals surface area contributed by atoms with Crippen molar-refractivity contribution < 1.29 is 4.79 Å². The Balaban J connectivity index is 1.73. The Bertz CT molecular complexity index is 905. The van der Waals surface area contributed by atoms with E-state index in [0.29, 0.717) is 22.9 Å². The van der Waals surface area contributed by atoms with E-state index in [1.165, 1.54) is 0 Å². The molecule has 132 valence electrons. The van der Waals surface area contributed by atoms with Crippen molar-refractivity contribution in [3.05, 3.63) is 82.3 Å². The molecular weight excluding hydrogens is 348 g/mol. The monoisotopic (exact) mass is 366 g/mol. The maximum Gasteiger partial charge on any atom is 0.251 e. The summed E-state index contributed by atoms with van der Waals surface area (Å²) in [6, 6.07) is 11.0. The zero-order valence-corrected chi connectivity index (χ0v) is 15.3. The molecule has 1 aromatic carbocycles. The van der Waals surface area contributed by atoms with Crippen molar-refractivity contribution in [2.45, 2.75) is 20.4 Å². The highest BCUT2D eigenvalue weighted by atomic mass is 35.5. The van der Waals surface area contributed by atoms with Crippen LogP contribution in [0.25, 0.3) is 0 Å². The van der Waals surface area contributed by atoms with E-state index in [0.717, 1.165) is 22.4 Å². The molecule has 0 atom stereocenters. The smallest absolute Gasteiger partial charge is 0.251 e. The number of hydrogen-bond donors (Lipinski definition) is 2. The molecule has 2 N–H and O–H groups in total. The van der Waals surface area contributed by atoms with Crippen molar-refractivity contribution >= 4 is 29.0 Å². The lowest BCUT2D eigenvalue weighted by Crippen LogP contribution is -2.22. The Hall–Kier alpha value is -2.92. The van der Waals surface area contributed by atoms with Gasteiger partial charge in [0.25, 0.3) is 5.91 Å². The van der Waals surface area contributed by atoms with E-state index >= 15 is 0 Å². The summed E-state index contributed by atoms with van der Waals surface area (Å²) < 4.78 is 0. The number of rotatable bonds is 5. The number of carbonyl (C=O) groups is 1. The molecule has 6 heteroatoms. The minimum atomic E-state index is -0.168. The highest BCUT2D eigenvalue weighted by Gasteiger charge is 2.10. The molecule has 0 aliphatic carbocycles. The number of nitrogens with zero attached hydrogens (tertiary/aromatic N) is 2. The number of benzene rings is 1. The first kappa shape index (κ1) is 17.9. The quantitative estimate of drug-likeness (QED) is 0.701. The van der Waals surface area contributed by atoms with E-state index in [-0.39, 0.29) is 5.91 Å². The molecule has 2 heterocycles. The molecule has 0 fully saturated rings. The van der Waals surface area contributed by atoms with Gasteiger partial charge in [-0.1, -0.05) is 17.7 Å². The summed E-state index contributed by atoms with van der Waals surface area (Å²) in [5, 5.41) is 6.72. The molecule has 3 aromatic rings. The Morgan fingerprint density at radius 3 is 2.58 bits per heavy atom. The van der Waals surface area contributed by atoms with Crippen molar-refractivity contribution in [2.24, 2.45) is 0 Å². The second-order valence-corrected chi connectivity index (χ2v) is 6.44. The van der Waals surface area contributed by atoms with E-state index in [9.17, 15) is 4.79 Å². The summed E-state index contributed by atoms with van der Waals surface area (Å²) in [6.07, 6.45) is 4.99. The fourth-order valence-electron chi connectivity index (χ4n) is 2.63. The van der Waals surface area contributed by atoms with Crippen LogP contribution in [0.2, 0.25) is 5.02 Å². The van der Waals surface area contributed by atoms with Crippen LogP contribution in [0.15, 0.2) is 55.0 Å². The van der Waals surface area contributed by atoms with Crippen LogP contribution >= 0.6 is 11.6 Å². The average Bonchev–Trinajstić information content (AvgIpc) is 2.64. The standard InChI is InChI=1S/C20H19ClN4O/c1-13-9-14(2)19(17(21)10-13)25-18-11-16(5-8-23-18)20(26)24-12-15-3-6-22-7-4-15/h3-11H,12H2,1-2H3,(H,23,25)(H,24,26). The molecule has 0 saturated heterocycles. The molecule has 1 amide bonds. The minimum Gasteiger partial charge on any atom is -0.348 e. The second kappa shape index (κ2) is 7.97. The number of aryl methyl sites for hydroxylation is 2. The van der Waals surface area contributed by atoms with Gasteiger partial charge in [0.05, 0.1) is 10.7 Å². The molecule has 3 rings (SSSR count). The Morgan fingerprint density at radius 2 is 1.85 bits per heavy atom. The minimum absolute atomic E-state index is 0.168. The lowest BCUT2D eigenvalue weighted by Gasteiger charge is -2.13. The molecule has 0 saturated carbocycles. The fourth-order valence-corrected chi connectivity index (χ4v) is 3.00. The molecule has 0 radical (unpaired) electrons. The Morgan fingerprint density at radius 1 is 1.08 bits per heavy atom. The maximum atomic E-state index is 12.4. The summed E-state index contributed by atoms with van der Waals surface area (Å²) in [6.45, 7) is 4.41. The van der Waals surface area contributed by atoms with Gasteiger partial charge in [-0.25, -0.2) is 4.98 Å². The largest absolute Gasteiger partial charge is 0.348 e. The molecule has 0 aliphatic heterocycles. The first-order valence-electron chi connectivity index (χ1n) is 8.20. The predicted molar refractivity (Wildman–Crippen MR) is 104 cm³/mol. The van der Waals surface area contributed by atoms with E-state index in [1.807, 2.05) is 38.1 Å². The fraction of sp³-hybridized carbons (Fsp3) is 0.150. The third kappa shape index (κ3) is 4.37. The van der Waals surface area contributed by atoms with Gasteiger partial charge in [0.2, 0.25) is 0 Å². The van der Waals surface area contributed by atoms with Crippen LogP contribution in [-0.2, 0) is 6.54 Å². The highest BCUT2D eigenvalue weighted by molar-refractivity contribution is 6.33. The molecule has 0 unspecified atom stereocenters. The summed E-state index contributed by atoms with van der Waals surface area (Å²) in [7, 11) is 0. The number of pyridine rings is 2. The van der Waals surface area contributed by atoms with Crippen LogP contribution in [0.5, 0.6) is 0 Å². The van der Waals surface area contributed by atoms with Crippen LogP contribution in [0.3, 0.4) is 0 Å². The molecular formula is C20H19ClN4O. The molecule has 26 heavy (non-hydrogen) atoms. The normalized spacial score (nSPS) is 10.4. The summed E-state index contributed by atoms with van der Waals surface area (Å²) in [4.78, 5) is 20.6. The zero-order chi connectivity index (χ0) is 18.5. The van der Waals surface area contributed by atoms with Crippen molar-refractivity contribution in [3.8, 4) is 0 Å². The van der Waals surface area contributed by atoms with Gasteiger partial charge in [-0.2, -0.15) is 0 Å². The third-order valence-electron chi connectivity index (χ3n) is 3.91. The van der Waals surface area contributed by atoms with Gasteiger partial charge in [-0.15, -0.1) is 0 Å². The number of halogens is 1. The number of carbonyl (C=O) groups excluding carboxylic acids is 1. The van der Waals surface area contributed by atoms with E-state index in [1.54, 1.807) is 30.7 Å². The van der Waals surface area contributed by atoms with Crippen molar-refractivity contribution in [1.82, 2.24) is 15.3 Å². The molecule has 0 spiro atoms. The Labute approximate surface area is 157 Å². The van der Waals surface area contributed by atoms with E-state index in [2.05, 4.69) is 20.6 Å². The van der Waals surface area contributed by atoms with Gasteiger partial charge in [-0.3, -0.25) is 9.78 Å². The highest BCUT2D eigenvalue weighted by Crippen LogP contribution is 2.29. The second-order valence-electron chi connectivity index (χ2n) is 6.03. The van der Waals surface area contributed by atoms with Crippen LogP contribution in [-0.4, -0.2) is 15.9 Å². The number of aromatic nitrogens is 2. The number of nitrogens with one attached hydrogen (secondary N) is 2. The lowest BCUT2D eigenvalue weighted by atomic mass is 10.1. The van der Waals surface area contributed by atoms with Crippen LogP contribution in [0.1, 0.15) is 27.0 Å². The van der Waals surface area contributed by atoms with Crippen LogP contribution in [0, 0.1) is 13.8 Å². The van der Waals surface area contributed by atoms with Gasteiger partial charge in [0, 0.05) is 30.7 Å². The molecule has 0 aliphatic rings. The lowest BCUT2D eigenvalue weighted by molar-refractivity contribution is 0.0951. The topological polar surface area (TPSA) is 66.9 Å². The SMILES string of the molecule is Cc1cc(C)c(Nc2cc(C(=O)NCc3ccncc3)ccn2)c(Cl)c1. The van der Waals surface area contributed by atoms with Crippen LogP contribution < -0.4 is 10.6 Å². The van der Waals surface area contributed by atoms with Gasteiger partial charge in [0.1, 0.15) is 5.82 Å². The number of anilines is 2. The molecule has 5 nitrogen and oxygen atoms in total. The summed E-state index contributed by atoms with van der Waals surface area (Å²) in [5.41, 5.74) is 4.42. The van der Waals surface area contributed by atoms with Crippen molar-refractivity contribution in [2.75, 3.05) is 5.32 Å². The predicted octanol–water partition coefficient (Wildman–Crippen LogP) is 4.42. The zero-order valence-electron chi connectivity index (χ0n) is 14.6. The number of amides is 1. The van der Waals surface area contributed by atoms with Gasteiger partial charge >= 0.3 is 0 Å². The average molecular weight is 367 g/mol. The van der Waals surface area contributed by atoms with E-state index in [4.69, 9.17) is 11.6 Å². The third-order valence-corrected chi connectivity index (χ3v) is 4.21. The summed E-state index contributed by atoms with van der Waals surface area (Å²) >= 11 is 6.33. The van der Waals surface area contributed by atoms with Crippen molar-refractivity contribution in [1.29, 1.82) is 0 Å².